The molecule has 0 aromatic carbocycles. The van der Waals surface area contributed by atoms with Crippen LogP contribution in [0.2, 0.25) is 0 Å². The van der Waals surface area contributed by atoms with Crippen LogP contribution in [0.25, 0.3) is 0 Å². The zero-order valence-corrected chi connectivity index (χ0v) is 29.8. The second-order valence-corrected chi connectivity index (χ2v) is 13.5. The van der Waals surface area contributed by atoms with Gasteiger partial charge in [-0.2, -0.15) is 0 Å². The molecule has 264 valence electrons. The molecular formula is C37H70NO7+. The van der Waals surface area contributed by atoms with E-state index in [0.717, 1.165) is 25.7 Å². The molecule has 0 radical (unpaired) electrons. The fourth-order valence-corrected chi connectivity index (χ4v) is 5.28. The van der Waals surface area contributed by atoms with Crippen LogP contribution in [-0.2, 0) is 28.6 Å². The zero-order valence-electron chi connectivity index (χ0n) is 29.8. The predicted molar refractivity (Wildman–Crippen MR) is 183 cm³/mol. The number of esters is 2. The van der Waals surface area contributed by atoms with Crippen LogP contribution < -0.4 is 0 Å². The molecule has 2 atom stereocenters. The first kappa shape index (κ1) is 43.1. The molecule has 0 saturated heterocycles. The number of nitrogens with zero attached hydrogens (tertiary/aromatic N) is 1. The van der Waals surface area contributed by atoms with Crippen molar-refractivity contribution >= 4 is 17.9 Å². The topological polar surface area (TPSA) is 99.1 Å². The molecule has 0 aromatic heterocycles. The maximum absolute atomic E-state index is 12.6. The van der Waals surface area contributed by atoms with E-state index in [1.165, 1.54) is 89.9 Å². The van der Waals surface area contributed by atoms with Gasteiger partial charge in [-0.05, 0) is 25.7 Å². The largest absolute Gasteiger partial charge is 0.477 e. The fraction of sp³-hybridized carbons (Fsp3) is 0.865. The smallest absolute Gasteiger partial charge is 0.362 e. The molecule has 0 spiro atoms. The fourth-order valence-electron chi connectivity index (χ4n) is 5.28. The number of ether oxygens (including phenoxy) is 3. The highest BCUT2D eigenvalue weighted by molar-refractivity contribution is 5.72. The number of likely N-dealkylation sites (N-methyl/N-ethyl adjacent to an activating group) is 1. The standard InChI is InChI=1S/C37H69NO7/c1-6-8-10-12-14-16-17-18-19-20-22-24-26-28-36(40)45-33(31-43-30-29-34(37(41)42)38(3,4)5)32-44-35(39)27-25-23-21-15-13-11-9-7-2/h21,23,33-34H,6-20,22,24-32H2,1-5H3/p+1/b23-21+. The molecular weight excluding hydrogens is 570 g/mol. The van der Waals surface area contributed by atoms with Crippen LogP contribution in [0, 0.1) is 0 Å². The Balaban J connectivity index is 4.45. The van der Waals surface area contributed by atoms with Crippen LogP contribution in [0.5, 0.6) is 0 Å². The Kier molecular flexibility index (Phi) is 28.2. The zero-order chi connectivity index (χ0) is 33.6. The van der Waals surface area contributed by atoms with Gasteiger partial charge in [-0.25, -0.2) is 4.79 Å². The summed E-state index contributed by atoms with van der Waals surface area (Å²) < 4.78 is 17.1. The first-order valence-corrected chi connectivity index (χ1v) is 18.2. The Morgan fingerprint density at radius 2 is 1.16 bits per heavy atom. The third-order valence-electron chi connectivity index (χ3n) is 8.18. The molecule has 0 aliphatic heterocycles. The molecule has 0 fully saturated rings. The minimum absolute atomic E-state index is 0.0543. The molecule has 0 rings (SSSR count). The van der Waals surface area contributed by atoms with E-state index in [0.29, 0.717) is 19.3 Å². The lowest BCUT2D eigenvalue weighted by Crippen LogP contribution is -2.50. The number of rotatable bonds is 32. The molecule has 0 aliphatic rings. The minimum Gasteiger partial charge on any atom is -0.477 e. The Morgan fingerprint density at radius 1 is 0.644 bits per heavy atom. The van der Waals surface area contributed by atoms with Crippen LogP contribution in [0.4, 0.5) is 0 Å². The summed E-state index contributed by atoms with van der Waals surface area (Å²) in [5, 5.41) is 9.55. The van der Waals surface area contributed by atoms with Crippen molar-refractivity contribution in [3.8, 4) is 0 Å². The molecule has 0 bridgehead atoms. The molecule has 8 heteroatoms. The summed E-state index contributed by atoms with van der Waals surface area (Å²) in [5.74, 6) is -1.53. The Morgan fingerprint density at radius 3 is 1.69 bits per heavy atom. The number of carboxylic acid groups (broad SMARTS) is 1. The number of aliphatic carboxylic acids is 1. The normalized spacial score (nSPS) is 13.2. The first-order valence-electron chi connectivity index (χ1n) is 18.2. The molecule has 0 aromatic rings. The highest BCUT2D eigenvalue weighted by atomic mass is 16.6. The van der Waals surface area contributed by atoms with Crippen molar-refractivity contribution in [2.45, 2.75) is 167 Å². The van der Waals surface area contributed by atoms with E-state index in [4.69, 9.17) is 14.2 Å². The second-order valence-electron chi connectivity index (χ2n) is 13.5. The van der Waals surface area contributed by atoms with Crippen molar-refractivity contribution in [2.75, 3.05) is 41.0 Å². The first-order chi connectivity index (χ1) is 21.6. The summed E-state index contributed by atoms with van der Waals surface area (Å²) in [4.78, 5) is 36.6. The maximum atomic E-state index is 12.6. The van der Waals surface area contributed by atoms with Gasteiger partial charge in [-0.3, -0.25) is 9.59 Å². The van der Waals surface area contributed by atoms with Gasteiger partial charge in [0.25, 0.3) is 0 Å². The highest BCUT2D eigenvalue weighted by Gasteiger charge is 2.31. The summed E-state index contributed by atoms with van der Waals surface area (Å²) in [6.45, 7) is 4.64. The minimum atomic E-state index is -0.879. The van der Waals surface area contributed by atoms with Crippen molar-refractivity contribution in [1.29, 1.82) is 0 Å². The quantitative estimate of drug-likeness (QED) is 0.0339. The summed E-state index contributed by atoms with van der Waals surface area (Å²) >= 11 is 0. The number of carboxylic acids is 1. The van der Waals surface area contributed by atoms with Crippen LogP contribution >= 0.6 is 0 Å². The van der Waals surface area contributed by atoms with Gasteiger partial charge in [0.1, 0.15) is 6.61 Å². The Labute approximate surface area is 276 Å². The van der Waals surface area contributed by atoms with Crippen molar-refractivity contribution < 1.29 is 38.2 Å². The number of hydrogen-bond donors (Lipinski definition) is 1. The third kappa shape index (κ3) is 28.1. The summed E-state index contributed by atoms with van der Waals surface area (Å²) in [6.07, 6.45) is 27.0. The SMILES string of the molecule is CCCCCC/C=C/CCC(=O)OCC(COCCC(C(=O)O)[N+](C)(C)C)OC(=O)CCCCCCCCCCCCCCC. The number of quaternary nitrogens is 1. The number of carbonyl (C=O) groups excluding carboxylic acids is 2. The van der Waals surface area contributed by atoms with Gasteiger partial charge in [0, 0.05) is 19.3 Å². The van der Waals surface area contributed by atoms with Crippen molar-refractivity contribution in [1.82, 2.24) is 0 Å². The summed E-state index contributed by atoms with van der Waals surface area (Å²) in [6, 6.07) is -0.612. The lowest BCUT2D eigenvalue weighted by molar-refractivity contribution is -0.887. The molecule has 8 nitrogen and oxygen atoms in total. The van der Waals surface area contributed by atoms with Gasteiger partial charge in [0.2, 0.25) is 0 Å². The van der Waals surface area contributed by atoms with Crippen molar-refractivity contribution in [3.63, 3.8) is 0 Å². The van der Waals surface area contributed by atoms with Crippen molar-refractivity contribution in [2.24, 2.45) is 0 Å². The van der Waals surface area contributed by atoms with Gasteiger partial charge in [-0.15, -0.1) is 0 Å². The van der Waals surface area contributed by atoms with Gasteiger partial charge in [0.15, 0.2) is 12.1 Å². The number of allylic oxidation sites excluding steroid dienone is 2. The Hall–Kier alpha value is -1.93. The van der Waals surface area contributed by atoms with E-state index in [-0.39, 0.29) is 42.7 Å². The van der Waals surface area contributed by atoms with Crippen molar-refractivity contribution in [3.05, 3.63) is 12.2 Å². The van der Waals surface area contributed by atoms with E-state index in [9.17, 15) is 19.5 Å². The lowest BCUT2D eigenvalue weighted by Gasteiger charge is -2.31. The monoisotopic (exact) mass is 641 g/mol. The highest BCUT2D eigenvalue weighted by Crippen LogP contribution is 2.14. The molecule has 0 aliphatic carbocycles. The van der Waals surface area contributed by atoms with E-state index in [2.05, 4.69) is 19.9 Å². The van der Waals surface area contributed by atoms with Crippen LogP contribution in [0.1, 0.15) is 155 Å². The van der Waals surface area contributed by atoms with Gasteiger partial charge in [-0.1, -0.05) is 122 Å². The average Bonchev–Trinajstić information content (AvgIpc) is 2.98. The number of carbonyl (C=O) groups is 3. The van der Waals surface area contributed by atoms with Gasteiger partial charge < -0.3 is 23.8 Å². The van der Waals surface area contributed by atoms with E-state index >= 15 is 0 Å². The van der Waals surface area contributed by atoms with Crippen LogP contribution in [-0.4, -0.2) is 80.6 Å². The average molecular weight is 641 g/mol. The molecule has 0 saturated carbocycles. The molecule has 1 N–H and O–H groups in total. The van der Waals surface area contributed by atoms with Gasteiger partial charge >= 0.3 is 17.9 Å². The molecule has 45 heavy (non-hydrogen) atoms. The third-order valence-corrected chi connectivity index (χ3v) is 8.18. The lowest BCUT2D eigenvalue weighted by atomic mass is 10.0. The van der Waals surface area contributed by atoms with Crippen LogP contribution in [0.3, 0.4) is 0 Å². The van der Waals surface area contributed by atoms with E-state index < -0.39 is 18.1 Å². The maximum Gasteiger partial charge on any atom is 0.362 e. The van der Waals surface area contributed by atoms with E-state index in [1.807, 2.05) is 27.2 Å². The second kappa shape index (κ2) is 29.5. The summed E-state index contributed by atoms with van der Waals surface area (Å²) in [5.41, 5.74) is 0. The van der Waals surface area contributed by atoms with Gasteiger partial charge in [0.05, 0.1) is 34.4 Å². The number of unbranched alkanes of at least 4 members (excludes halogenated alkanes) is 16. The number of hydrogen-bond acceptors (Lipinski definition) is 6. The molecule has 0 amide bonds. The molecule has 0 heterocycles. The summed E-state index contributed by atoms with van der Waals surface area (Å²) in [7, 11) is 5.50. The van der Waals surface area contributed by atoms with E-state index in [1.54, 1.807) is 0 Å². The molecule has 2 unspecified atom stereocenters. The Bertz CT molecular complexity index is 762. The predicted octanol–water partition coefficient (Wildman–Crippen LogP) is 8.80. The van der Waals surface area contributed by atoms with Crippen LogP contribution in [0.15, 0.2) is 12.2 Å².